The summed E-state index contributed by atoms with van der Waals surface area (Å²) in [5, 5.41) is 0. The van der Waals surface area contributed by atoms with Gasteiger partial charge in [-0.1, -0.05) is 94.6 Å². The third-order valence-electron chi connectivity index (χ3n) is 6.43. The van der Waals surface area contributed by atoms with Crippen molar-refractivity contribution in [3.8, 4) is 12.3 Å². The van der Waals surface area contributed by atoms with E-state index in [0.717, 1.165) is 44.2 Å². The summed E-state index contributed by atoms with van der Waals surface area (Å²) in [5.74, 6) is 2.65. The minimum absolute atomic E-state index is 0. The van der Waals surface area contributed by atoms with Crippen molar-refractivity contribution in [3.05, 3.63) is 180 Å². The van der Waals surface area contributed by atoms with Crippen molar-refractivity contribution in [3.63, 3.8) is 0 Å². The largest absolute Gasteiger partial charge is 1.00 e. The van der Waals surface area contributed by atoms with Crippen LogP contribution in [0.5, 0.6) is 0 Å². The molecule has 0 saturated carbocycles. The number of hydrogen-bond acceptors (Lipinski definition) is 3. The van der Waals surface area contributed by atoms with Gasteiger partial charge in [0.15, 0.2) is 0 Å². The predicted octanol–water partition coefficient (Wildman–Crippen LogP) is 7.88. The summed E-state index contributed by atoms with van der Waals surface area (Å²) in [6, 6.07) is 57.8. The molecule has 3 nitrogen and oxygen atoms in total. The van der Waals surface area contributed by atoms with Crippen molar-refractivity contribution in [1.82, 2.24) is 0 Å². The van der Waals surface area contributed by atoms with Gasteiger partial charge in [-0.2, -0.15) is 0 Å². The average Bonchev–Trinajstić information content (AvgIpc) is 3.05. The molecule has 0 aliphatic carbocycles. The Morgan fingerprint density at radius 2 is 0.651 bits per heavy atom. The maximum atomic E-state index is 5.43. The van der Waals surface area contributed by atoms with E-state index in [9.17, 15) is 0 Å². The SMILES string of the molecule is Brc1ccc(N(c2ccccc2)c2ccccc2)cc1.C#Cc1ccc(N(c2ccccc2)c2ccccc2)cc1.[K+].[OH-]. The second kappa shape index (κ2) is 17.6. The number of hydrogen-bond donors (Lipinski definition) is 0. The first kappa shape index (κ1) is 34.1. The van der Waals surface area contributed by atoms with Crippen LogP contribution in [0, 0.1) is 12.3 Å². The van der Waals surface area contributed by atoms with Gasteiger partial charge in [-0.25, -0.2) is 0 Å². The van der Waals surface area contributed by atoms with Crippen LogP contribution in [0.25, 0.3) is 0 Å². The van der Waals surface area contributed by atoms with Crippen LogP contribution in [-0.2, 0) is 0 Å². The summed E-state index contributed by atoms with van der Waals surface area (Å²) in [6.07, 6.45) is 5.43. The molecule has 0 aromatic heterocycles. The van der Waals surface area contributed by atoms with Gasteiger partial charge in [0.2, 0.25) is 0 Å². The molecule has 43 heavy (non-hydrogen) atoms. The number of nitrogens with zero attached hydrogens (tertiary/aromatic N) is 2. The smallest absolute Gasteiger partial charge is 0.870 e. The van der Waals surface area contributed by atoms with Gasteiger partial charge in [0.05, 0.1) is 0 Å². The van der Waals surface area contributed by atoms with E-state index in [1.807, 2.05) is 60.7 Å². The Morgan fingerprint density at radius 1 is 0.395 bits per heavy atom. The number of rotatable bonds is 6. The molecule has 0 bridgehead atoms. The zero-order chi connectivity index (χ0) is 28.3. The van der Waals surface area contributed by atoms with E-state index >= 15 is 0 Å². The number of benzene rings is 6. The summed E-state index contributed by atoms with van der Waals surface area (Å²) in [5.41, 5.74) is 7.67. The van der Waals surface area contributed by atoms with Gasteiger partial charge < -0.3 is 15.3 Å². The maximum Gasteiger partial charge on any atom is 1.00 e. The molecule has 0 aliphatic heterocycles. The minimum Gasteiger partial charge on any atom is -0.870 e. The van der Waals surface area contributed by atoms with Gasteiger partial charge in [0.1, 0.15) is 0 Å². The Hall–Kier alpha value is -3.44. The summed E-state index contributed by atoms with van der Waals surface area (Å²) < 4.78 is 1.09. The molecular formula is C38H30BrKN2O. The molecule has 0 aliphatic rings. The molecule has 0 heterocycles. The van der Waals surface area contributed by atoms with E-state index < -0.39 is 0 Å². The van der Waals surface area contributed by atoms with E-state index in [1.54, 1.807) is 0 Å². The molecular weight excluding hydrogens is 619 g/mol. The van der Waals surface area contributed by atoms with E-state index in [0.29, 0.717) is 0 Å². The molecule has 0 spiro atoms. The first-order valence-corrected chi connectivity index (χ1v) is 14.1. The fourth-order valence-electron chi connectivity index (χ4n) is 4.50. The topological polar surface area (TPSA) is 36.5 Å². The Labute approximate surface area is 305 Å². The Kier molecular flexibility index (Phi) is 14.0. The molecule has 0 saturated heterocycles. The van der Waals surface area contributed by atoms with Crippen LogP contribution in [0.1, 0.15) is 5.56 Å². The van der Waals surface area contributed by atoms with Crippen molar-refractivity contribution < 1.29 is 56.9 Å². The van der Waals surface area contributed by atoms with E-state index in [4.69, 9.17) is 6.42 Å². The Morgan fingerprint density at radius 3 is 0.930 bits per heavy atom. The molecule has 5 heteroatoms. The fourth-order valence-corrected chi connectivity index (χ4v) is 4.76. The normalized spacial score (nSPS) is 9.58. The van der Waals surface area contributed by atoms with Crippen molar-refractivity contribution in [1.29, 1.82) is 0 Å². The standard InChI is InChI=1S/C20H15N.C18H14BrN.K.H2O/c1-2-17-13-15-20(16-14-17)21(18-9-5-3-6-10-18)19-11-7-4-8-12-19;19-15-11-13-18(14-12-15)20(16-7-3-1-4-8-16)17-9-5-2-6-10-17;;/h1,3-16H;1-14H;;1H2/q;;+1;/p-1. The molecule has 0 amide bonds. The molecule has 0 radical (unpaired) electrons. The maximum absolute atomic E-state index is 5.43. The number of para-hydroxylation sites is 4. The Bertz CT molecular complexity index is 1600. The van der Waals surface area contributed by atoms with Crippen LogP contribution in [0.3, 0.4) is 0 Å². The third kappa shape index (κ3) is 9.27. The second-order valence-corrected chi connectivity index (χ2v) is 10.1. The molecule has 6 aromatic carbocycles. The predicted molar refractivity (Wildman–Crippen MR) is 180 cm³/mol. The second-order valence-electron chi connectivity index (χ2n) is 9.18. The van der Waals surface area contributed by atoms with E-state index in [2.05, 4.69) is 141 Å². The van der Waals surface area contributed by atoms with Crippen LogP contribution in [0.15, 0.2) is 174 Å². The monoisotopic (exact) mass is 648 g/mol. The average molecular weight is 650 g/mol. The van der Waals surface area contributed by atoms with Gasteiger partial charge in [0, 0.05) is 44.2 Å². The van der Waals surface area contributed by atoms with Crippen LogP contribution < -0.4 is 61.2 Å². The molecule has 0 unspecified atom stereocenters. The van der Waals surface area contributed by atoms with Crippen LogP contribution >= 0.6 is 15.9 Å². The zero-order valence-corrected chi connectivity index (χ0v) is 28.7. The number of anilines is 6. The molecule has 206 valence electrons. The number of terminal acetylenes is 1. The van der Waals surface area contributed by atoms with Gasteiger partial charge in [-0.15, -0.1) is 6.42 Å². The quantitative estimate of drug-likeness (QED) is 0.136. The van der Waals surface area contributed by atoms with Gasteiger partial charge >= 0.3 is 51.4 Å². The van der Waals surface area contributed by atoms with Crippen LogP contribution in [-0.4, -0.2) is 5.48 Å². The van der Waals surface area contributed by atoms with Crippen LogP contribution in [0.2, 0.25) is 0 Å². The van der Waals surface area contributed by atoms with E-state index in [1.165, 1.54) is 0 Å². The fraction of sp³-hybridized carbons (Fsp3) is 0. The van der Waals surface area contributed by atoms with Crippen molar-refractivity contribution in [2.45, 2.75) is 0 Å². The van der Waals surface area contributed by atoms with E-state index in [-0.39, 0.29) is 56.9 Å². The van der Waals surface area contributed by atoms with Crippen molar-refractivity contribution in [2.75, 3.05) is 9.80 Å². The molecule has 0 atom stereocenters. The Balaban J connectivity index is 0.000000225. The summed E-state index contributed by atoms with van der Waals surface area (Å²) >= 11 is 3.49. The molecule has 6 aromatic rings. The zero-order valence-electron chi connectivity index (χ0n) is 24.0. The van der Waals surface area contributed by atoms with Crippen LogP contribution in [0.4, 0.5) is 34.1 Å². The number of halogens is 1. The summed E-state index contributed by atoms with van der Waals surface area (Å²) in [7, 11) is 0. The molecule has 6 rings (SSSR count). The van der Waals surface area contributed by atoms with Crippen molar-refractivity contribution >= 4 is 50.1 Å². The third-order valence-corrected chi connectivity index (χ3v) is 6.96. The van der Waals surface area contributed by atoms with Gasteiger partial charge in [0.25, 0.3) is 0 Å². The summed E-state index contributed by atoms with van der Waals surface area (Å²) in [4.78, 5) is 4.45. The minimum atomic E-state index is 0. The van der Waals surface area contributed by atoms with Gasteiger partial charge in [-0.05, 0) is 97.1 Å². The molecule has 0 fully saturated rings. The van der Waals surface area contributed by atoms with Gasteiger partial charge in [-0.3, -0.25) is 0 Å². The summed E-state index contributed by atoms with van der Waals surface area (Å²) in [6.45, 7) is 0. The van der Waals surface area contributed by atoms with Crippen molar-refractivity contribution in [2.24, 2.45) is 0 Å². The first-order valence-electron chi connectivity index (χ1n) is 13.4. The first-order chi connectivity index (χ1) is 20.2. The molecule has 1 N–H and O–H groups in total.